The van der Waals surface area contributed by atoms with E-state index >= 15 is 0 Å². The van der Waals surface area contributed by atoms with Gasteiger partial charge in [0.1, 0.15) is 0 Å². The highest BCUT2D eigenvalue weighted by Gasteiger charge is 2.30. The minimum Gasteiger partial charge on any atom is -0.481 e. The normalized spacial score (nSPS) is 19.3. The van der Waals surface area contributed by atoms with Crippen LogP contribution < -0.4 is 5.32 Å². The van der Waals surface area contributed by atoms with Gasteiger partial charge in [0.15, 0.2) is 0 Å². The summed E-state index contributed by atoms with van der Waals surface area (Å²) in [5.74, 6) is -0.888. The van der Waals surface area contributed by atoms with Crippen molar-refractivity contribution in [3.8, 4) is 0 Å². The average Bonchev–Trinajstić information content (AvgIpc) is 2.51. The van der Waals surface area contributed by atoms with Crippen molar-refractivity contribution >= 4 is 12.0 Å². The van der Waals surface area contributed by atoms with Gasteiger partial charge in [-0.25, -0.2) is 4.79 Å². The molecule has 0 aromatic carbocycles. The lowest BCUT2D eigenvalue weighted by Crippen LogP contribution is -2.51. The summed E-state index contributed by atoms with van der Waals surface area (Å²) in [5.41, 5.74) is -0.281. The van der Waals surface area contributed by atoms with Gasteiger partial charge in [-0.1, -0.05) is 20.8 Å². The second-order valence-electron chi connectivity index (χ2n) is 6.61. The van der Waals surface area contributed by atoms with Crippen LogP contribution in [0.15, 0.2) is 0 Å². The molecule has 0 bridgehead atoms. The summed E-state index contributed by atoms with van der Waals surface area (Å²) in [6.45, 7) is 9.08. The lowest BCUT2D eigenvalue weighted by atomic mass is 9.85. The number of hydrogen-bond donors (Lipinski definition) is 2. The van der Waals surface area contributed by atoms with Gasteiger partial charge in [0.2, 0.25) is 0 Å². The topological polar surface area (TPSA) is 72.9 Å². The summed E-state index contributed by atoms with van der Waals surface area (Å²) in [5, 5.41) is 11.9. The molecule has 1 unspecified atom stereocenters. The van der Waals surface area contributed by atoms with Crippen LogP contribution in [0.1, 0.15) is 33.6 Å². The Labute approximate surface area is 121 Å². The molecule has 6 nitrogen and oxygen atoms in total. The van der Waals surface area contributed by atoms with E-state index < -0.39 is 5.97 Å². The molecule has 1 fully saturated rings. The van der Waals surface area contributed by atoms with Crippen LogP contribution in [0.2, 0.25) is 0 Å². The third kappa shape index (κ3) is 5.36. The van der Waals surface area contributed by atoms with Crippen molar-refractivity contribution in [2.45, 2.75) is 39.7 Å². The fourth-order valence-electron chi connectivity index (χ4n) is 2.24. The van der Waals surface area contributed by atoms with E-state index in [0.717, 1.165) is 26.1 Å². The molecule has 1 aliphatic heterocycles. The number of likely N-dealkylation sites (N-methyl/N-ethyl adjacent to an activating group) is 1. The minimum absolute atomic E-state index is 0.0526. The first-order valence-corrected chi connectivity index (χ1v) is 7.16. The maximum Gasteiger partial charge on any atom is 0.317 e. The fraction of sp³-hybridized carbons (Fsp3) is 0.857. The molecule has 0 aromatic rings. The van der Waals surface area contributed by atoms with Crippen LogP contribution in [-0.2, 0) is 4.79 Å². The van der Waals surface area contributed by atoms with Gasteiger partial charge in [0.05, 0.1) is 6.42 Å². The number of carboxylic acids is 1. The largest absolute Gasteiger partial charge is 0.481 e. The van der Waals surface area contributed by atoms with Crippen molar-refractivity contribution in [1.29, 1.82) is 0 Å². The molecule has 20 heavy (non-hydrogen) atoms. The Bertz CT molecular complexity index is 352. The Hall–Kier alpha value is -1.30. The van der Waals surface area contributed by atoms with Gasteiger partial charge < -0.3 is 20.2 Å². The van der Waals surface area contributed by atoms with E-state index in [1.54, 1.807) is 4.90 Å². The number of carbonyl (C=O) groups excluding carboxylic acids is 1. The maximum absolute atomic E-state index is 12.3. The Kier molecular flexibility index (Phi) is 5.80. The van der Waals surface area contributed by atoms with Gasteiger partial charge in [-0.2, -0.15) is 0 Å². The molecule has 2 amide bonds. The number of carboxylic acid groups (broad SMARTS) is 1. The standard InChI is InChI=1S/C14H27N3O3/c1-14(2,3)11(10-12(18)19)15-13(20)17-7-5-6-16(4)8-9-17/h11H,5-10H2,1-4H3,(H,15,20)(H,18,19). The molecule has 2 N–H and O–H groups in total. The van der Waals surface area contributed by atoms with Gasteiger partial charge in [-0.15, -0.1) is 0 Å². The van der Waals surface area contributed by atoms with Crippen LogP contribution in [0.4, 0.5) is 4.79 Å². The fourth-order valence-corrected chi connectivity index (χ4v) is 2.24. The number of aliphatic carboxylic acids is 1. The van der Waals surface area contributed by atoms with Crippen LogP contribution >= 0.6 is 0 Å². The smallest absolute Gasteiger partial charge is 0.317 e. The highest BCUT2D eigenvalue weighted by molar-refractivity contribution is 5.76. The van der Waals surface area contributed by atoms with Crippen molar-refractivity contribution < 1.29 is 14.7 Å². The number of carbonyl (C=O) groups is 2. The van der Waals surface area contributed by atoms with E-state index in [9.17, 15) is 9.59 Å². The van der Waals surface area contributed by atoms with Gasteiger partial charge >= 0.3 is 12.0 Å². The molecule has 1 aliphatic rings. The first kappa shape index (κ1) is 16.8. The van der Waals surface area contributed by atoms with Crippen LogP contribution in [0.3, 0.4) is 0 Å². The molecule has 116 valence electrons. The predicted octanol–water partition coefficient (Wildman–Crippen LogP) is 1.22. The quantitative estimate of drug-likeness (QED) is 0.818. The summed E-state index contributed by atoms with van der Waals surface area (Å²) >= 11 is 0. The summed E-state index contributed by atoms with van der Waals surface area (Å²) in [7, 11) is 2.05. The number of rotatable bonds is 3. The lowest BCUT2D eigenvalue weighted by molar-refractivity contribution is -0.138. The highest BCUT2D eigenvalue weighted by atomic mass is 16.4. The van der Waals surface area contributed by atoms with E-state index in [1.807, 2.05) is 27.8 Å². The monoisotopic (exact) mass is 285 g/mol. The van der Waals surface area contributed by atoms with Gasteiger partial charge in [0.25, 0.3) is 0 Å². The van der Waals surface area contributed by atoms with Crippen molar-refractivity contribution in [3.63, 3.8) is 0 Å². The Morgan fingerprint density at radius 3 is 2.40 bits per heavy atom. The number of urea groups is 1. The van der Waals surface area contributed by atoms with Crippen molar-refractivity contribution in [2.24, 2.45) is 5.41 Å². The van der Waals surface area contributed by atoms with Crippen LogP contribution in [0, 0.1) is 5.41 Å². The van der Waals surface area contributed by atoms with Crippen LogP contribution in [0.5, 0.6) is 0 Å². The summed E-state index contributed by atoms with van der Waals surface area (Å²) in [6, 6.07) is -0.519. The first-order valence-electron chi connectivity index (χ1n) is 7.16. The second kappa shape index (κ2) is 6.92. The molecule has 0 spiro atoms. The molecule has 0 saturated carbocycles. The molecule has 6 heteroatoms. The second-order valence-corrected chi connectivity index (χ2v) is 6.61. The predicted molar refractivity (Wildman–Crippen MR) is 77.7 cm³/mol. The first-order chi connectivity index (χ1) is 9.20. The maximum atomic E-state index is 12.3. The zero-order valence-electron chi connectivity index (χ0n) is 13.0. The minimum atomic E-state index is -0.888. The van der Waals surface area contributed by atoms with E-state index in [2.05, 4.69) is 10.2 Å². The number of nitrogens with zero attached hydrogens (tertiary/aromatic N) is 2. The zero-order chi connectivity index (χ0) is 15.3. The average molecular weight is 285 g/mol. The zero-order valence-corrected chi connectivity index (χ0v) is 13.0. The molecule has 0 aliphatic carbocycles. The van der Waals surface area contributed by atoms with Crippen LogP contribution in [-0.4, -0.2) is 66.2 Å². The Morgan fingerprint density at radius 2 is 1.85 bits per heavy atom. The van der Waals surface area contributed by atoms with Crippen molar-refractivity contribution in [1.82, 2.24) is 15.1 Å². The lowest BCUT2D eigenvalue weighted by Gasteiger charge is -2.32. The van der Waals surface area contributed by atoms with Crippen LogP contribution in [0.25, 0.3) is 0 Å². The highest BCUT2D eigenvalue weighted by Crippen LogP contribution is 2.22. The van der Waals surface area contributed by atoms with Gasteiger partial charge in [-0.3, -0.25) is 4.79 Å². The SMILES string of the molecule is CN1CCCN(C(=O)NC(CC(=O)O)C(C)(C)C)CC1. The summed E-state index contributed by atoms with van der Waals surface area (Å²) in [6.07, 6.45) is 0.895. The van der Waals surface area contributed by atoms with Crippen molar-refractivity contribution in [3.05, 3.63) is 0 Å². The molecule has 1 atom stereocenters. The number of amides is 2. The molecule has 1 heterocycles. The molecular formula is C14H27N3O3. The summed E-state index contributed by atoms with van der Waals surface area (Å²) < 4.78 is 0. The van der Waals surface area contributed by atoms with Gasteiger partial charge in [-0.05, 0) is 25.4 Å². The number of nitrogens with one attached hydrogen (secondary N) is 1. The van der Waals surface area contributed by atoms with Crippen molar-refractivity contribution in [2.75, 3.05) is 33.2 Å². The van der Waals surface area contributed by atoms with Gasteiger partial charge in [0, 0.05) is 25.7 Å². The Balaban J connectivity index is 2.63. The third-order valence-corrected chi connectivity index (χ3v) is 3.73. The Morgan fingerprint density at radius 1 is 1.20 bits per heavy atom. The molecule has 1 saturated heterocycles. The van der Waals surface area contributed by atoms with E-state index in [0.29, 0.717) is 6.54 Å². The van der Waals surface area contributed by atoms with E-state index in [1.165, 1.54) is 0 Å². The molecule has 0 radical (unpaired) electrons. The molecule has 1 rings (SSSR count). The summed E-state index contributed by atoms with van der Waals surface area (Å²) in [4.78, 5) is 27.2. The number of hydrogen-bond acceptors (Lipinski definition) is 3. The van der Waals surface area contributed by atoms with E-state index in [-0.39, 0.29) is 23.9 Å². The molecule has 0 aromatic heterocycles. The third-order valence-electron chi connectivity index (χ3n) is 3.73. The molecular weight excluding hydrogens is 258 g/mol. The van der Waals surface area contributed by atoms with E-state index in [4.69, 9.17) is 5.11 Å².